The highest BCUT2D eigenvalue weighted by molar-refractivity contribution is 5.88. The number of aromatic nitrogens is 2. The predicted molar refractivity (Wildman–Crippen MR) is 72.3 cm³/mol. The van der Waals surface area contributed by atoms with Gasteiger partial charge < -0.3 is 9.84 Å². The summed E-state index contributed by atoms with van der Waals surface area (Å²) in [6.45, 7) is 8.46. The van der Waals surface area contributed by atoms with Crippen LogP contribution in [0.25, 0.3) is 0 Å². The summed E-state index contributed by atoms with van der Waals surface area (Å²) in [7, 11) is 0. The minimum absolute atomic E-state index is 0.170. The number of hydrogen-bond donors (Lipinski definition) is 1. The molecule has 0 radical (unpaired) electrons. The van der Waals surface area contributed by atoms with Gasteiger partial charge in [-0.15, -0.1) is 0 Å². The Morgan fingerprint density at radius 3 is 2.37 bits per heavy atom. The normalized spacial score (nSPS) is 11.6. The molecule has 1 aromatic heterocycles. The highest BCUT2D eigenvalue weighted by atomic mass is 16.5. The first kappa shape index (κ1) is 15.6. The number of aryl methyl sites for hydroxylation is 1. The highest BCUT2D eigenvalue weighted by Crippen LogP contribution is 2.30. The summed E-state index contributed by atoms with van der Waals surface area (Å²) in [5.74, 6) is -0.403. The number of carboxylic acids is 1. The second-order valence-electron chi connectivity index (χ2n) is 4.35. The minimum atomic E-state index is -0.988. The Morgan fingerprint density at radius 1 is 1.32 bits per heavy atom. The van der Waals surface area contributed by atoms with Gasteiger partial charge in [0.2, 0.25) is 0 Å². The van der Waals surface area contributed by atoms with Crippen molar-refractivity contribution in [1.82, 2.24) is 9.97 Å². The maximum atomic E-state index is 11.1. The van der Waals surface area contributed by atoms with Crippen molar-refractivity contribution >= 4 is 5.97 Å². The first-order valence-corrected chi connectivity index (χ1v) is 6.78. The number of carbonyl (C=O) groups is 1. The van der Waals surface area contributed by atoms with Crippen molar-refractivity contribution in [2.45, 2.75) is 52.6 Å². The lowest BCUT2D eigenvalue weighted by Gasteiger charge is -2.30. The maximum Gasteiger partial charge on any atom is 0.339 e. The van der Waals surface area contributed by atoms with Gasteiger partial charge in [0.1, 0.15) is 5.60 Å². The van der Waals surface area contributed by atoms with Crippen LogP contribution in [0.5, 0.6) is 0 Å². The van der Waals surface area contributed by atoms with E-state index in [0.717, 1.165) is 12.8 Å². The van der Waals surface area contributed by atoms with Gasteiger partial charge in [0.15, 0.2) is 5.82 Å². The van der Waals surface area contributed by atoms with Crippen molar-refractivity contribution in [2.75, 3.05) is 6.61 Å². The van der Waals surface area contributed by atoms with Gasteiger partial charge in [0.25, 0.3) is 0 Å². The second kappa shape index (κ2) is 6.61. The van der Waals surface area contributed by atoms with E-state index in [2.05, 4.69) is 9.97 Å². The van der Waals surface area contributed by atoms with Gasteiger partial charge >= 0.3 is 5.97 Å². The molecule has 5 nitrogen and oxygen atoms in total. The number of hydrogen-bond acceptors (Lipinski definition) is 4. The van der Waals surface area contributed by atoms with E-state index in [-0.39, 0.29) is 5.56 Å². The molecule has 106 valence electrons. The molecule has 0 aliphatic rings. The van der Waals surface area contributed by atoms with Gasteiger partial charge in [0.05, 0.1) is 11.3 Å². The molecule has 0 aromatic carbocycles. The van der Waals surface area contributed by atoms with Crippen LogP contribution in [0.2, 0.25) is 0 Å². The summed E-state index contributed by atoms with van der Waals surface area (Å²) >= 11 is 0. The smallest absolute Gasteiger partial charge is 0.339 e. The van der Waals surface area contributed by atoms with Crippen LogP contribution in [0.3, 0.4) is 0 Å². The van der Waals surface area contributed by atoms with Gasteiger partial charge in [-0.3, -0.25) is 0 Å². The van der Waals surface area contributed by atoms with Crippen LogP contribution in [-0.4, -0.2) is 27.7 Å². The molecular formula is C14H22N2O3. The standard InChI is InChI=1S/C14H22N2O3/c1-5-11-10(12(17)18)9-15-13(16-11)14(6-2,7-3)19-8-4/h9H,5-8H2,1-4H3,(H,17,18). The second-order valence-corrected chi connectivity index (χ2v) is 4.35. The van der Waals surface area contributed by atoms with Crippen LogP contribution in [0, 0.1) is 0 Å². The Bertz CT molecular complexity index is 442. The van der Waals surface area contributed by atoms with E-state index < -0.39 is 11.6 Å². The summed E-state index contributed by atoms with van der Waals surface area (Å²) in [5, 5.41) is 9.10. The van der Waals surface area contributed by atoms with E-state index in [1.165, 1.54) is 6.20 Å². The largest absolute Gasteiger partial charge is 0.478 e. The lowest BCUT2D eigenvalue weighted by molar-refractivity contribution is -0.0573. The van der Waals surface area contributed by atoms with Crippen molar-refractivity contribution in [3.63, 3.8) is 0 Å². The van der Waals surface area contributed by atoms with Crippen LogP contribution in [0.15, 0.2) is 6.20 Å². The Labute approximate surface area is 114 Å². The Hall–Kier alpha value is -1.49. The highest BCUT2D eigenvalue weighted by Gasteiger charge is 2.33. The molecule has 0 saturated heterocycles. The van der Waals surface area contributed by atoms with E-state index in [1.54, 1.807) is 0 Å². The Kier molecular flexibility index (Phi) is 5.42. The molecule has 0 bridgehead atoms. The van der Waals surface area contributed by atoms with E-state index in [0.29, 0.717) is 24.5 Å². The average Bonchev–Trinajstić information content (AvgIpc) is 2.44. The monoisotopic (exact) mass is 266 g/mol. The first-order chi connectivity index (χ1) is 9.04. The number of rotatable bonds is 7. The minimum Gasteiger partial charge on any atom is -0.478 e. The van der Waals surface area contributed by atoms with Gasteiger partial charge in [0, 0.05) is 12.8 Å². The van der Waals surface area contributed by atoms with Crippen LogP contribution in [0.1, 0.15) is 62.4 Å². The van der Waals surface area contributed by atoms with Crippen LogP contribution in [-0.2, 0) is 16.8 Å². The Balaban J connectivity index is 3.29. The summed E-state index contributed by atoms with van der Waals surface area (Å²) in [6, 6.07) is 0. The molecule has 1 heterocycles. The van der Waals surface area contributed by atoms with Crippen molar-refractivity contribution in [3.05, 3.63) is 23.3 Å². The fourth-order valence-corrected chi connectivity index (χ4v) is 2.20. The zero-order chi connectivity index (χ0) is 14.5. The fourth-order valence-electron chi connectivity index (χ4n) is 2.20. The summed E-state index contributed by atoms with van der Waals surface area (Å²) < 4.78 is 5.84. The molecule has 19 heavy (non-hydrogen) atoms. The number of ether oxygens (including phenoxy) is 1. The molecule has 0 unspecified atom stereocenters. The molecule has 5 heteroatoms. The molecule has 0 saturated carbocycles. The lowest BCUT2D eigenvalue weighted by atomic mass is 9.95. The average molecular weight is 266 g/mol. The summed E-state index contributed by atoms with van der Waals surface area (Å²) in [6.07, 6.45) is 3.47. The molecule has 0 aliphatic carbocycles. The van der Waals surface area contributed by atoms with Crippen LogP contribution >= 0.6 is 0 Å². The third-order valence-electron chi connectivity index (χ3n) is 3.40. The zero-order valence-corrected chi connectivity index (χ0v) is 12.1. The third-order valence-corrected chi connectivity index (χ3v) is 3.40. The van der Waals surface area contributed by atoms with Gasteiger partial charge in [-0.05, 0) is 26.2 Å². The van der Waals surface area contributed by atoms with Gasteiger partial charge in [-0.2, -0.15) is 0 Å². The summed E-state index contributed by atoms with van der Waals surface area (Å²) in [5.41, 5.74) is 0.211. The van der Waals surface area contributed by atoms with E-state index in [9.17, 15) is 4.79 Å². The van der Waals surface area contributed by atoms with Crippen molar-refractivity contribution < 1.29 is 14.6 Å². The number of nitrogens with zero attached hydrogens (tertiary/aromatic N) is 2. The molecule has 0 fully saturated rings. The molecular weight excluding hydrogens is 244 g/mol. The third kappa shape index (κ3) is 3.10. The van der Waals surface area contributed by atoms with Crippen LogP contribution < -0.4 is 0 Å². The van der Waals surface area contributed by atoms with Crippen molar-refractivity contribution in [1.29, 1.82) is 0 Å². The molecule has 1 rings (SSSR count). The van der Waals surface area contributed by atoms with Gasteiger partial charge in [-0.25, -0.2) is 14.8 Å². The number of carboxylic acid groups (broad SMARTS) is 1. The van der Waals surface area contributed by atoms with E-state index >= 15 is 0 Å². The van der Waals surface area contributed by atoms with Gasteiger partial charge in [-0.1, -0.05) is 20.8 Å². The Morgan fingerprint density at radius 2 is 1.95 bits per heavy atom. The molecule has 0 aliphatic heterocycles. The molecule has 0 atom stereocenters. The van der Waals surface area contributed by atoms with Crippen LogP contribution in [0.4, 0.5) is 0 Å². The number of aromatic carboxylic acids is 1. The van der Waals surface area contributed by atoms with E-state index in [4.69, 9.17) is 9.84 Å². The SMILES string of the molecule is CCOC(CC)(CC)c1ncc(C(=O)O)c(CC)n1. The molecule has 1 N–H and O–H groups in total. The predicted octanol–water partition coefficient (Wildman–Crippen LogP) is 2.79. The lowest BCUT2D eigenvalue weighted by Crippen LogP contribution is -2.31. The quantitative estimate of drug-likeness (QED) is 0.821. The molecule has 0 spiro atoms. The zero-order valence-electron chi connectivity index (χ0n) is 12.1. The maximum absolute atomic E-state index is 11.1. The van der Waals surface area contributed by atoms with Crippen molar-refractivity contribution in [3.8, 4) is 0 Å². The van der Waals surface area contributed by atoms with Crippen molar-refractivity contribution in [2.24, 2.45) is 0 Å². The topological polar surface area (TPSA) is 72.3 Å². The van der Waals surface area contributed by atoms with E-state index in [1.807, 2.05) is 27.7 Å². The molecule has 1 aromatic rings. The molecule has 0 amide bonds. The first-order valence-electron chi connectivity index (χ1n) is 6.78. The summed E-state index contributed by atoms with van der Waals surface area (Å²) in [4.78, 5) is 19.7. The fraction of sp³-hybridized carbons (Fsp3) is 0.643.